The Morgan fingerprint density at radius 1 is 1.55 bits per heavy atom. The van der Waals surface area contributed by atoms with Crippen LogP contribution in [0.25, 0.3) is 0 Å². The second-order valence-electron chi connectivity index (χ2n) is 4.78. The zero-order valence-corrected chi connectivity index (χ0v) is 12.5. The van der Waals surface area contributed by atoms with Crippen LogP contribution in [0.15, 0.2) is 17.3 Å². The maximum Gasteiger partial charge on any atom is 0.243 e. The summed E-state index contributed by atoms with van der Waals surface area (Å²) in [5.41, 5.74) is 0. The minimum Gasteiger partial charge on any atom is -0.377 e. The maximum absolute atomic E-state index is 12.1. The molecule has 0 saturated carbocycles. The Bertz CT molecular complexity index is 509. The predicted molar refractivity (Wildman–Crippen MR) is 74.9 cm³/mol. The van der Waals surface area contributed by atoms with Crippen molar-refractivity contribution in [2.75, 3.05) is 26.2 Å². The summed E-state index contributed by atoms with van der Waals surface area (Å²) in [6, 6.07) is 0. The van der Waals surface area contributed by atoms with E-state index in [1.807, 2.05) is 6.92 Å². The van der Waals surface area contributed by atoms with E-state index in [4.69, 9.17) is 4.74 Å². The number of sulfonamides is 1. The summed E-state index contributed by atoms with van der Waals surface area (Å²) < 4.78 is 33.8. The van der Waals surface area contributed by atoms with E-state index in [1.54, 1.807) is 10.9 Å². The molecule has 0 aliphatic carbocycles. The molecule has 1 aliphatic rings. The van der Waals surface area contributed by atoms with Crippen LogP contribution in [-0.4, -0.2) is 50.5 Å². The van der Waals surface area contributed by atoms with Gasteiger partial charge >= 0.3 is 0 Å². The van der Waals surface area contributed by atoms with Crippen LogP contribution in [0, 0.1) is 0 Å². The second kappa shape index (κ2) is 7.16. The van der Waals surface area contributed by atoms with E-state index in [9.17, 15) is 8.42 Å². The Morgan fingerprint density at radius 3 is 3.10 bits per heavy atom. The first-order valence-corrected chi connectivity index (χ1v) is 8.44. The number of hydrogen-bond donors (Lipinski definition) is 2. The summed E-state index contributed by atoms with van der Waals surface area (Å²) >= 11 is 0. The first kappa shape index (κ1) is 15.4. The van der Waals surface area contributed by atoms with Crippen molar-refractivity contribution >= 4 is 10.0 Å². The Labute approximate surface area is 119 Å². The third-order valence-electron chi connectivity index (χ3n) is 3.21. The maximum atomic E-state index is 12.1. The minimum absolute atomic E-state index is 0.00595. The van der Waals surface area contributed by atoms with Crippen LogP contribution in [-0.2, 0) is 21.3 Å². The van der Waals surface area contributed by atoms with Gasteiger partial charge in [0, 0.05) is 25.9 Å². The largest absolute Gasteiger partial charge is 0.377 e. The molecule has 2 N–H and O–H groups in total. The van der Waals surface area contributed by atoms with Gasteiger partial charge in [0.15, 0.2) is 0 Å². The number of nitrogens with zero attached hydrogens (tertiary/aromatic N) is 2. The monoisotopic (exact) mass is 302 g/mol. The third kappa shape index (κ3) is 4.27. The first-order valence-electron chi connectivity index (χ1n) is 6.96. The molecule has 1 atom stereocenters. The summed E-state index contributed by atoms with van der Waals surface area (Å²) in [7, 11) is -3.49. The van der Waals surface area contributed by atoms with Gasteiger partial charge in [-0.15, -0.1) is 0 Å². The first-order chi connectivity index (χ1) is 9.62. The lowest BCUT2D eigenvalue weighted by atomic mass is 10.2. The lowest BCUT2D eigenvalue weighted by Gasteiger charge is -2.10. The van der Waals surface area contributed by atoms with Crippen LogP contribution in [0.5, 0.6) is 0 Å². The Kier molecular flexibility index (Phi) is 5.53. The van der Waals surface area contributed by atoms with E-state index in [0.29, 0.717) is 13.1 Å². The zero-order chi connectivity index (χ0) is 14.4. The zero-order valence-electron chi connectivity index (χ0n) is 11.7. The van der Waals surface area contributed by atoms with Crippen LogP contribution in [0.4, 0.5) is 0 Å². The van der Waals surface area contributed by atoms with Gasteiger partial charge in [-0.25, -0.2) is 13.1 Å². The molecule has 1 fully saturated rings. The van der Waals surface area contributed by atoms with Gasteiger partial charge < -0.3 is 10.1 Å². The van der Waals surface area contributed by atoms with E-state index >= 15 is 0 Å². The lowest BCUT2D eigenvalue weighted by molar-refractivity contribution is 0.114. The molecule has 1 aromatic rings. The number of rotatable bonds is 8. The van der Waals surface area contributed by atoms with Gasteiger partial charge in [-0.1, -0.05) is 6.92 Å². The fourth-order valence-electron chi connectivity index (χ4n) is 2.07. The number of aromatic nitrogens is 2. The average Bonchev–Trinajstić information content (AvgIpc) is 3.08. The molecular formula is C12H22N4O3S. The minimum atomic E-state index is -3.49. The van der Waals surface area contributed by atoms with E-state index in [-0.39, 0.29) is 11.0 Å². The van der Waals surface area contributed by atoms with Crippen molar-refractivity contribution < 1.29 is 13.2 Å². The molecule has 20 heavy (non-hydrogen) atoms. The van der Waals surface area contributed by atoms with Gasteiger partial charge in [0.05, 0.1) is 18.8 Å². The fourth-order valence-corrected chi connectivity index (χ4v) is 3.09. The molecule has 1 unspecified atom stereocenters. The summed E-state index contributed by atoms with van der Waals surface area (Å²) in [6.07, 6.45) is 4.83. The summed E-state index contributed by atoms with van der Waals surface area (Å²) in [6.45, 7) is 5.36. The van der Waals surface area contributed by atoms with Crippen molar-refractivity contribution in [2.45, 2.75) is 37.3 Å². The normalized spacial score (nSPS) is 19.6. The van der Waals surface area contributed by atoms with Gasteiger partial charge in [0.1, 0.15) is 4.90 Å². The highest BCUT2D eigenvalue weighted by Gasteiger charge is 2.21. The molecule has 0 bridgehead atoms. The Balaban J connectivity index is 1.88. The van der Waals surface area contributed by atoms with Crippen molar-refractivity contribution in [3.05, 3.63) is 12.4 Å². The molecule has 0 spiro atoms. The highest BCUT2D eigenvalue weighted by molar-refractivity contribution is 7.89. The van der Waals surface area contributed by atoms with Gasteiger partial charge in [0.2, 0.25) is 10.0 Å². The van der Waals surface area contributed by atoms with E-state index in [2.05, 4.69) is 15.1 Å². The molecule has 0 radical (unpaired) electrons. The molecule has 114 valence electrons. The lowest BCUT2D eigenvalue weighted by Crippen LogP contribution is -2.31. The van der Waals surface area contributed by atoms with Gasteiger partial charge in [-0.2, -0.15) is 5.10 Å². The fraction of sp³-hybridized carbons (Fsp3) is 0.750. The standard InChI is InChI=1S/C12H22N4O3S/c1-2-13-5-6-16-10-12(9-14-16)20(17,18)15-8-11-4-3-7-19-11/h9-11,13,15H,2-8H2,1H3. The van der Waals surface area contributed by atoms with Crippen molar-refractivity contribution in [3.8, 4) is 0 Å². The number of likely N-dealkylation sites (N-methyl/N-ethyl adjacent to an activating group) is 1. The topological polar surface area (TPSA) is 85.2 Å². The molecular weight excluding hydrogens is 280 g/mol. The molecule has 2 heterocycles. The number of hydrogen-bond acceptors (Lipinski definition) is 5. The Morgan fingerprint density at radius 2 is 2.40 bits per heavy atom. The molecule has 1 saturated heterocycles. The summed E-state index contributed by atoms with van der Waals surface area (Å²) in [5.74, 6) is 0. The van der Waals surface area contributed by atoms with Crippen LogP contribution in [0.3, 0.4) is 0 Å². The number of ether oxygens (including phenoxy) is 1. The highest BCUT2D eigenvalue weighted by Crippen LogP contribution is 2.12. The number of nitrogens with one attached hydrogen (secondary N) is 2. The van der Waals surface area contributed by atoms with Crippen LogP contribution in [0.1, 0.15) is 19.8 Å². The summed E-state index contributed by atoms with van der Waals surface area (Å²) in [4.78, 5) is 0.201. The van der Waals surface area contributed by atoms with E-state index in [1.165, 1.54) is 6.20 Å². The SMILES string of the molecule is CCNCCn1cc(S(=O)(=O)NCC2CCCO2)cn1. The van der Waals surface area contributed by atoms with Gasteiger partial charge in [-0.05, 0) is 19.4 Å². The van der Waals surface area contributed by atoms with Crippen LogP contribution < -0.4 is 10.0 Å². The predicted octanol–water partition coefficient (Wildman–Crippen LogP) is -0.0501. The smallest absolute Gasteiger partial charge is 0.243 e. The van der Waals surface area contributed by atoms with Gasteiger partial charge in [0.25, 0.3) is 0 Å². The molecule has 7 nitrogen and oxygen atoms in total. The molecule has 2 rings (SSSR count). The molecule has 8 heteroatoms. The van der Waals surface area contributed by atoms with E-state index in [0.717, 1.165) is 32.5 Å². The van der Waals surface area contributed by atoms with Crippen molar-refractivity contribution in [3.63, 3.8) is 0 Å². The quantitative estimate of drug-likeness (QED) is 0.658. The molecule has 0 amide bonds. The molecule has 1 aliphatic heterocycles. The Hall–Kier alpha value is -0.960. The van der Waals surface area contributed by atoms with Crippen LogP contribution in [0.2, 0.25) is 0 Å². The van der Waals surface area contributed by atoms with Crippen LogP contribution >= 0.6 is 0 Å². The summed E-state index contributed by atoms with van der Waals surface area (Å²) in [5, 5.41) is 7.22. The second-order valence-corrected chi connectivity index (χ2v) is 6.55. The molecule has 1 aromatic heterocycles. The van der Waals surface area contributed by atoms with Crippen molar-refractivity contribution in [1.29, 1.82) is 0 Å². The van der Waals surface area contributed by atoms with Crippen molar-refractivity contribution in [2.24, 2.45) is 0 Å². The molecule has 0 aromatic carbocycles. The highest BCUT2D eigenvalue weighted by atomic mass is 32.2. The average molecular weight is 302 g/mol. The van der Waals surface area contributed by atoms with E-state index < -0.39 is 10.0 Å². The van der Waals surface area contributed by atoms with Crippen molar-refractivity contribution in [1.82, 2.24) is 19.8 Å². The third-order valence-corrected chi connectivity index (χ3v) is 4.59. The van der Waals surface area contributed by atoms with Gasteiger partial charge in [-0.3, -0.25) is 4.68 Å².